The topological polar surface area (TPSA) is 26.0 Å². The summed E-state index contributed by atoms with van der Waals surface area (Å²) in [6.07, 6.45) is 0. The second-order valence-corrected chi connectivity index (χ2v) is 4.00. The van der Waals surface area contributed by atoms with E-state index in [9.17, 15) is 0 Å². The Morgan fingerprint density at radius 1 is 1.33 bits per heavy atom. The van der Waals surface area contributed by atoms with Crippen LogP contribution in [0.25, 0.3) is 11.1 Å². The zero-order valence-corrected chi connectivity index (χ0v) is 9.44. The minimum absolute atomic E-state index is 0.690. The minimum atomic E-state index is 0.690. The molecule has 0 unspecified atom stereocenters. The van der Waals surface area contributed by atoms with E-state index in [2.05, 4.69) is 36.8 Å². The Hall–Kier alpha value is -0.350. The van der Waals surface area contributed by atoms with Crippen molar-refractivity contribution in [3.8, 4) is 0 Å². The first-order valence-corrected chi connectivity index (χ1v) is 4.98. The summed E-state index contributed by atoms with van der Waals surface area (Å²) in [5.41, 5.74) is 2.64. The molecule has 62 valence electrons. The highest BCUT2D eigenvalue weighted by Crippen LogP contribution is 2.33. The molecule has 12 heavy (non-hydrogen) atoms. The molecule has 0 aliphatic heterocycles. The Morgan fingerprint density at radius 3 is 2.83 bits per heavy atom. The summed E-state index contributed by atoms with van der Waals surface area (Å²) in [6.45, 7) is 1.95. The number of pyridine rings is 1. The number of furan rings is 1. The first-order valence-electron chi connectivity index (χ1n) is 3.39. The molecule has 4 heteroatoms. The maximum atomic E-state index is 5.36. The van der Waals surface area contributed by atoms with Crippen LogP contribution in [-0.2, 0) is 0 Å². The van der Waals surface area contributed by atoms with Crippen LogP contribution in [0.5, 0.6) is 0 Å². The van der Waals surface area contributed by atoms with E-state index in [1.807, 2.05) is 19.1 Å². The van der Waals surface area contributed by atoms with Crippen molar-refractivity contribution in [2.24, 2.45) is 0 Å². The Bertz CT molecular complexity index is 436. The van der Waals surface area contributed by atoms with Crippen molar-refractivity contribution < 1.29 is 4.42 Å². The molecule has 0 fully saturated rings. The van der Waals surface area contributed by atoms with Crippen molar-refractivity contribution in [1.29, 1.82) is 0 Å². The number of rotatable bonds is 0. The standard InChI is InChI=1S/C8H5Br2NO/c1-4-2-3-5-7(11-4)6(9)8(10)12-5/h2-3H,1H3. The molecule has 0 saturated heterocycles. The normalized spacial score (nSPS) is 10.9. The van der Waals surface area contributed by atoms with Crippen LogP contribution in [0.2, 0.25) is 0 Å². The van der Waals surface area contributed by atoms with Gasteiger partial charge in [0.1, 0.15) is 5.52 Å². The summed E-state index contributed by atoms with van der Waals surface area (Å²) in [5.74, 6) is 0. The number of aromatic nitrogens is 1. The lowest BCUT2D eigenvalue weighted by molar-refractivity contribution is 0.584. The minimum Gasteiger partial charge on any atom is -0.446 e. The largest absolute Gasteiger partial charge is 0.446 e. The second kappa shape index (κ2) is 2.85. The van der Waals surface area contributed by atoms with Crippen molar-refractivity contribution in [2.75, 3.05) is 0 Å². The zero-order chi connectivity index (χ0) is 8.72. The fourth-order valence-corrected chi connectivity index (χ4v) is 1.75. The van der Waals surface area contributed by atoms with Crippen LogP contribution in [0.4, 0.5) is 0 Å². The third-order valence-electron chi connectivity index (χ3n) is 1.58. The van der Waals surface area contributed by atoms with Gasteiger partial charge >= 0.3 is 0 Å². The van der Waals surface area contributed by atoms with Gasteiger partial charge in [-0.3, -0.25) is 0 Å². The van der Waals surface area contributed by atoms with Crippen molar-refractivity contribution >= 4 is 43.0 Å². The molecule has 0 amide bonds. The molecule has 0 aromatic carbocycles. The molecule has 0 N–H and O–H groups in total. The molecule has 2 rings (SSSR count). The van der Waals surface area contributed by atoms with Gasteiger partial charge in [-0.1, -0.05) is 0 Å². The van der Waals surface area contributed by atoms with Crippen LogP contribution in [-0.4, -0.2) is 4.98 Å². The third-order valence-corrected chi connectivity index (χ3v) is 3.40. The first-order chi connectivity index (χ1) is 5.68. The van der Waals surface area contributed by atoms with Crippen LogP contribution in [0.3, 0.4) is 0 Å². The van der Waals surface area contributed by atoms with E-state index in [4.69, 9.17) is 4.42 Å². The number of hydrogen-bond donors (Lipinski definition) is 0. The smallest absolute Gasteiger partial charge is 0.186 e. The van der Waals surface area contributed by atoms with Gasteiger partial charge in [0.25, 0.3) is 0 Å². The maximum Gasteiger partial charge on any atom is 0.186 e. The van der Waals surface area contributed by atoms with E-state index in [0.717, 1.165) is 21.3 Å². The van der Waals surface area contributed by atoms with Gasteiger partial charge in [-0.05, 0) is 50.9 Å². The van der Waals surface area contributed by atoms with E-state index in [-0.39, 0.29) is 0 Å². The SMILES string of the molecule is Cc1ccc2oc(Br)c(Br)c2n1. The number of aryl methyl sites for hydroxylation is 1. The van der Waals surface area contributed by atoms with Crippen LogP contribution in [0.1, 0.15) is 5.69 Å². The van der Waals surface area contributed by atoms with Crippen LogP contribution >= 0.6 is 31.9 Å². The Kier molecular flexibility index (Phi) is 1.96. The van der Waals surface area contributed by atoms with Crippen molar-refractivity contribution in [1.82, 2.24) is 4.98 Å². The quantitative estimate of drug-likeness (QED) is 0.740. The van der Waals surface area contributed by atoms with Crippen molar-refractivity contribution in [2.45, 2.75) is 6.92 Å². The summed E-state index contributed by atoms with van der Waals surface area (Å²) in [7, 11) is 0. The molecule has 2 nitrogen and oxygen atoms in total. The van der Waals surface area contributed by atoms with Gasteiger partial charge in [0.2, 0.25) is 0 Å². The van der Waals surface area contributed by atoms with E-state index < -0.39 is 0 Å². The van der Waals surface area contributed by atoms with Gasteiger partial charge in [-0.15, -0.1) is 0 Å². The Labute approximate surface area is 86.2 Å². The van der Waals surface area contributed by atoms with E-state index in [1.54, 1.807) is 0 Å². The molecule has 0 bridgehead atoms. The lowest BCUT2D eigenvalue weighted by atomic mass is 10.3. The average molecular weight is 291 g/mol. The van der Waals surface area contributed by atoms with Crippen molar-refractivity contribution in [3.05, 3.63) is 27.0 Å². The highest BCUT2D eigenvalue weighted by atomic mass is 79.9. The summed E-state index contributed by atoms with van der Waals surface area (Å²) in [4.78, 5) is 4.33. The molecule has 0 aliphatic rings. The summed E-state index contributed by atoms with van der Waals surface area (Å²) in [5, 5.41) is 0. The zero-order valence-electron chi connectivity index (χ0n) is 6.27. The predicted octanol–water partition coefficient (Wildman–Crippen LogP) is 3.66. The molecule has 2 heterocycles. The first kappa shape index (κ1) is 8.26. The Balaban J connectivity index is 2.88. The number of hydrogen-bond acceptors (Lipinski definition) is 2. The number of halogens is 2. The molecular formula is C8H5Br2NO. The lowest BCUT2D eigenvalue weighted by Crippen LogP contribution is -1.78. The highest BCUT2D eigenvalue weighted by molar-refractivity contribution is 9.13. The van der Waals surface area contributed by atoms with Crippen LogP contribution in [0, 0.1) is 6.92 Å². The second-order valence-electron chi connectivity index (χ2n) is 2.49. The Morgan fingerprint density at radius 2 is 2.08 bits per heavy atom. The van der Waals surface area contributed by atoms with E-state index in [1.165, 1.54) is 0 Å². The highest BCUT2D eigenvalue weighted by Gasteiger charge is 2.09. The molecule has 0 radical (unpaired) electrons. The molecule has 2 aromatic heterocycles. The van der Waals surface area contributed by atoms with Crippen molar-refractivity contribution in [3.63, 3.8) is 0 Å². The number of fused-ring (bicyclic) bond motifs is 1. The lowest BCUT2D eigenvalue weighted by Gasteiger charge is -1.89. The monoisotopic (exact) mass is 289 g/mol. The van der Waals surface area contributed by atoms with Crippen LogP contribution in [0.15, 0.2) is 25.7 Å². The van der Waals surface area contributed by atoms with Gasteiger partial charge in [0, 0.05) is 5.69 Å². The van der Waals surface area contributed by atoms with Gasteiger partial charge in [-0.2, -0.15) is 0 Å². The summed E-state index contributed by atoms with van der Waals surface area (Å²) < 4.78 is 6.93. The van der Waals surface area contributed by atoms with Gasteiger partial charge in [-0.25, -0.2) is 4.98 Å². The average Bonchev–Trinajstić information content (AvgIpc) is 2.31. The predicted molar refractivity (Wildman–Crippen MR) is 54.1 cm³/mol. The molecule has 0 aliphatic carbocycles. The molecule has 0 saturated carbocycles. The van der Waals surface area contributed by atoms with Gasteiger partial charge < -0.3 is 4.42 Å². The molecule has 0 atom stereocenters. The van der Waals surface area contributed by atoms with E-state index >= 15 is 0 Å². The van der Waals surface area contributed by atoms with Crippen LogP contribution < -0.4 is 0 Å². The molecule has 0 spiro atoms. The summed E-state index contributed by atoms with van der Waals surface area (Å²) in [6, 6.07) is 3.83. The molecular weight excluding hydrogens is 286 g/mol. The maximum absolute atomic E-state index is 5.36. The number of nitrogens with zero attached hydrogens (tertiary/aromatic N) is 1. The fourth-order valence-electron chi connectivity index (χ4n) is 1.02. The van der Waals surface area contributed by atoms with Gasteiger partial charge in [0.15, 0.2) is 10.3 Å². The van der Waals surface area contributed by atoms with E-state index in [0.29, 0.717) is 4.67 Å². The molecule has 2 aromatic rings. The fraction of sp³-hybridized carbons (Fsp3) is 0.125. The summed E-state index contributed by atoms with van der Waals surface area (Å²) >= 11 is 6.66. The van der Waals surface area contributed by atoms with Gasteiger partial charge in [0.05, 0.1) is 4.47 Å². The third kappa shape index (κ3) is 1.19.